The summed E-state index contributed by atoms with van der Waals surface area (Å²) in [5.74, 6) is 0.627. The Balaban J connectivity index is 2.24. The molecule has 2 aromatic rings. The molecule has 0 amide bonds. The zero-order chi connectivity index (χ0) is 15.5. The molecule has 112 valence electrons. The number of halogens is 1. The van der Waals surface area contributed by atoms with Gasteiger partial charge in [0.25, 0.3) is 0 Å². The summed E-state index contributed by atoms with van der Waals surface area (Å²) in [6.45, 7) is 0.289. The van der Waals surface area contributed by atoms with E-state index >= 15 is 0 Å². The minimum atomic E-state index is -3.56. The fraction of sp³-hybridized carbons (Fsp3) is 0.214. The van der Waals surface area contributed by atoms with E-state index in [1.807, 2.05) is 24.3 Å². The van der Waals surface area contributed by atoms with Crippen molar-refractivity contribution in [2.24, 2.45) is 0 Å². The lowest BCUT2D eigenvalue weighted by Crippen LogP contribution is -2.26. The summed E-state index contributed by atoms with van der Waals surface area (Å²) in [5.41, 5.74) is 0.906. The number of hydrogen-bond donors (Lipinski definition) is 1. The van der Waals surface area contributed by atoms with Crippen molar-refractivity contribution in [2.45, 2.75) is 11.4 Å². The van der Waals surface area contributed by atoms with Gasteiger partial charge in [0.05, 0.1) is 0 Å². The molecule has 1 aromatic carbocycles. The lowest BCUT2D eigenvalue weighted by molar-refractivity contribution is 0.466. The van der Waals surface area contributed by atoms with Crippen molar-refractivity contribution in [1.82, 2.24) is 9.29 Å². The molecule has 0 saturated carbocycles. The zero-order valence-electron chi connectivity index (χ0n) is 11.7. The van der Waals surface area contributed by atoms with E-state index in [4.69, 9.17) is 0 Å². The Hall–Kier alpha value is -1.44. The Kier molecular flexibility index (Phi) is 4.97. The molecule has 0 bridgehead atoms. The van der Waals surface area contributed by atoms with E-state index in [1.54, 1.807) is 26.2 Å². The van der Waals surface area contributed by atoms with E-state index in [2.05, 4.69) is 26.2 Å². The van der Waals surface area contributed by atoms with Gasteiger partial charge in [-0.25, -0.2) is 13.4 Å². The van der Waals surface area contributed by atoms with Crippen LogP contribution in [0.5, 0.6) is 0 Å². The number of sulfonamides is 1. The number of nitrogens with one attached hydrogen (secondary N) is 1. The van der Waals surface area contributed by atoms with Gasteiger partial charge in [0, 0.05) is 31.3 Å². The molecule has 0 unspecified atom stereocenters. The molecule has 0 aliphatic rings. The largest absolute Gasteiger partial charge is 0.373 e. The van der Waals surface area contributed by atoms with Crippen LogP contribution in [-0.2, 0) is 16.6 Å². The Morgan fingerprint density at radius 3 is 2.52 bits per heavy atom. The van der Waals surface area contributed by atoms with E-state index in [0.717, 1.165) is 10.0 Å². The van der Waals surface area contributed by atoms with E-state index in [9.17, 15) is 8.42 Å². The first-order valence-corrected chi connectivity index (χ1v) is 8.52. The first-order chi connectivity index (χ1) is 9.95. The van der Waals surface area contributed by atoms with Gasteiger partial charge < -0.3 is 5.32 Å². The molecule has 0 aliphatic carbocycles. The van der Waals surface area contributed by atoms with Gasteiger partial charge in [0.1, 0.15) is 10.7 Å². The first kappa shape index (κ1) is 15.9. The Labute approximate surface area is 133 Å². The number of benzene rings is 1. The summed E-state index contributed by atoms with van der Waals surface area (Å²) in [5, 5.41) is 2.86. The highest BCUT2D eigenvalue weighted by atomic mass is 79.9. The second kappa shape index (κ2) is 6.55. The van der Waals surface area contributed by atoms with Crippen molar-refractivity contribution in [3.63, 3.8) is 0 Å². The number of aromatic nitrogens is 1. The van der Waals surface area contributed by atoms with E-state index in [0.29, 0.717) is 5.82 Å². The third-order valence-corrected chi connectivity index (χ3v) is 5.61. The molecule has 2 rings (SSSR count). The van der Waals surface area contributed by atoms with Crippen LogP contribution in [0.2, 0.25) is 0 Å². The second-order valence-corrected chi connectivity index (χ2v) is 7.38. The van der Waals surface area contributed by atoms with Crippen LogP contribution in [0, 0.1) is 0 Å². The van der Waals surface area contributed by atoms with Gasteiger partial charge in [-0.05, 0) is 23.8 Å². The second-order valence-electron chi connectivity index (χ2n) is 4.48. The van der Waals surface area contributed by atoms with Crippen molar-refractivity contribution in [3.05, 3.63) is 52.6 Å². The number of pyridine rings is 1. The van der Waals surface area contributed by atoms with Crippen LogP contribution in [0.25, 0.3) is 0 Å². The van der Waals surface area contributed by atoms with Gasteiger partial charge in [0.15, 0.2) is 0 Å². The molecule has 0 spiro atoms. The average molecular weight is 370 g/mol. The predicted molar refractivity (Wildman–Crippen MR) is 86.6 cm³/mol. The average Bonchev–Trinajstić information content (AvgIpc) is 2.49. The highest BCUT2D eigenvalue weighted by molar-refractivity contribution is 9.10. The van der Waals surface area contributed by atoms with Crippen LogP contribution in [0.1, 0.15) is 5.56 Å². The molecule has 0 fully saturated rings. The van der Waals surface area contributed by atoms with Crippen molar-refractivity contribution >= 4 is 31.8 Å². The highest BCUT2D eigenvalue weighted by Gasteiger charge is 2.21. The van der Waals surface area contributed by atoms with E-state index < -0.39 is 10.0 Å². The van der Waals surface area contributed by atoms with Crippen LogP contribution in [0.15, 0.2) is 52.0 Å². The normalized spacial score (nSPS) is 11.6. The summed E-state index contributed by atoms with van der Waals surface area (Å²) in [6.07, 6.45) is 1.36. The molecule has 5 nitrogen and oxygen atoms in total. The monoisotopic (exact) mass is 369 g/mol. The molecular formula is C14H16BrN3O2S. The fourth-order valence-electron chi connectivity index (χ4n) is 1.81. The third-order valence-electron chi connectivity index (χ3n) is 3.05. The van der Waals surface area contributed by atoms with Gasteiger partial charge in [-0.2, -0.15) is 4.31 Å². The molecule has 0 radical (unpaired) electrons. The predicted octanol–water partition coefficient (Wildman–Crippen LogP) is 2.71. The number of anilines is 1. The van der Waals surface area contributed by atoms with E-state index in [1.165, 1.54) is 10.5 Å². The van der Waals surface area contributed by atoms with Crippen LogP contribution >= 0.6 is 15.9 Å². The first-order valence-electron chi connectivity index (χ1n) is 6.28. The van der Waals surface area contributed by atoms with Crippen LogP contribution < -0.4 is 5.32 Å². The van der Waals surface area contributed by atoms with E-state index in [-0.39, 0.29) is 11.4 Å². The molecule has 0 saturated heterocycles. The van der Waals surface area contributed by atoms with Gasteiger partial charge in [-0.3, -0.25) is 0 Å². The SMILES string of the molecule is CNc1ccc(S(=O)(=O)N(C)Cc2ccccc2Br)cn1. The van der Waals surface area contributed by atoms with Crippen LogP contribution in [0.3, 0.4) is 0 Å². The minimum absolute atomic E-state index is 0.177. The van der Waals surface area contributed by atoms with Crippen molar-refractivity contribution in [1.29, 1.82) is 0 Å². The van der Waals surface area contributed by atoms with Gasteiger partial charge in [-0.1, -0.05) is 34.1 Å². The van der Waals surface area contributed by atoms with Crippen molar-refractivity contribution in [3.8, 4) is 0 Å². The number of nitrogens with zero attached hydrogens (tertiary/aromatic N) is 2. The summed E-state index contributed by atoms with van der Waals surface area (Å²) in [6, 6.07) is 10.7. The number of rotatable bonds is 5. The minimum Gasteiger partial charge on any atom is -0.373 e. The van der Waals surface area contributed by atoms with Gasteiger partial charge in [-0.15, -0.1) is 0 Å². The standard InChI is InChI=1S/C14H16BrN3O2S/c1-16-14-8-7-12(9-17-14)21(19,20)18(2)10-11-5-3-4-6-13(11)15/h3-9H,10H2,1-2H3,(H,16,17). The molecular weight excluding hydrogens is 354 g/mol. The molecule has 21 heavy (non-hydrogen) atoms. The topological polar surface area (TPSA) is 62.3 Å². The Morgan fingerprint density at radius 2 is 1.95 bits per heavy atom. The van der Waals surface area contributed by atoms with Crippen LogP contribution in [-0.4, -0.2) is 31.8 Å². The Bertz CT molecular complexity index is 717. The molecule has 7 heteroatoms. The lowest BCUT2D eigenvalue weighted by Gasteiger charge is -2.18. The van der Waals surface area contributed by atoms with Gasteiger partial charge in [0.2, 0.25) is 10.0 Å². The van der Waals surface area contributed by atoms with Crippen molar-refractivity contribution < 1.29 is 8.42 Å². The fourth-order valence-corrected chi connectivity index (χ4v) is 3.32. The maximum Gasteiger partial charge on any atom is 0.244 e. The summed E-state index contributed by atoms with van der Waals surface area (Å²) in [7, 11) is -0.269. The summed E-state index contributed by atoms with van der Waals surface area (Å²) in [4.78, 5) is 4.22. The molecule has 0 atom stereocenters. The molecule has 0 aliphatic heterocycles. The maximum absolute atomic E-state index is 12.5. The van der Waals surface area contributed by atoms with Crippen molar-refractivity contribution in [2.75, 3.05) is 19.4 Å². The number of hydrogen-bond acceptors (Lipinski definition) is 4. The third kappa shape index (κ3) is 3.61. The summed E-state index contributed by atoms with van der Waals surface area (Å²) >= 11 is 3.42. The Morgan fingerprint density at radius 1 is 1.24 bits per heavy atom. The highest BCUT2D eigenvalue weighted by Crippen LogP contribution is 2.21. The van der Waals surface area contributed by atoms with Gasteiger partial charge >= 0.3 is 0 Å². The maximum atomic E-state index is 12.5. The molecule has 1 aromatic heterocycles. The molecule has 1 heterocycles. The zero-order valence-corrected chi connectivity index (χ0v) is 14.1. The smallest absolute Gasteiger partial charge is 0.244 e. The summed E-state index contributed by atoms with van der Waals surface area (Å²) < 4.78 is 27.2. The quantitative estimate of drug-likeness (QED) is 0.879. The van der Waals surface area contributed by atoms with Crippen LogP contribution in [0.4, 0.5) is 5.82 Å². The molecule has 1 N–H and O–H groups in total. The lowest BCUT2D eigenvalue weighted by atomic mass is 10.2.